The molecule has 1 aliphatic rings. The highest BCUT2D eigenvalue weighted by Gasteiger charge is 2.36. The molecule has 0 saturated carbocycles. The molecule has 1 aliphatic heterocycles. The van der Waals surface area contributed by atoms with Crippen LogP contribution in [-0.4, -0.2) is 14.5 Å². The minimum absolute atomic E-state index is 0.150. The molecule has 2 heterocycles. The third-order valence-corrected chi connectivity index (χ3v) is 3.63. The predicted octanol–water partition coefficient (Wildman–Crippen LogP) is 0.749. The van der Waals surface area contributed by atoms with Gasteiger partial charge in [0.15, 0.2) is 0 Å². The van der Waals surface area contributed by atoms with Crippen molar-refractivity contribution in [1.82, 2.24) is 9.55 Å². The number of nitro groups is 1. The zero-order chi connectivity index (χ0) is 15.9. The molecule has 1 atom stereocenters. The fraction of sp³-hybridized carbons (Fsp3) is 0.143. The van der Waals surface area contributed by atoms with Crippen LogP contribution in [0.4, 0.5) is 5.82 Å². The molecule has 0 amide bonds. The number of hydrogen-bond acceptors (Lipinski definition) is 5. The molecule has 0 radical (unpaired) electrons. The van der Waals surface area contributed by atoms with Gasteiger partial charge < -0.3 is 5.32 Å². The molecule has 3 rings (SSSR count). The summed E-state index contributed by atoms with van der Waals surface area (Å²) < 4.78 is 0.902. The van der Waals surface area contributed by atoms with Crippen molar-refractivity contribution in [2.75, 3.05) is 5.32 Å². The summed E-state index contributed by atoms with van der Waals surface area (Å²) in [5.74, 6) is -0.657. The molecular weight excluding hydrogens is 288 g/mol. The SMILES string of the molecule is Cn1c(=O)[nH]c2c(c1=O)C(c1ccccc1)C([N+](=O)[O-])=CN2. The van der Waals surface area contributed by atoms with Crippen LogP contribution in [0.2, 0.25) is 0 Å². The van der Waals surface area contributed by atoms with E-state index in [9.17, 15) is 19.7 Å². The van der Waals surface area contributed by atoms with Gasteiger partial charge in [0.2, 0.25) is 0 Å². The van der Waals surface area contributed by atoms with Crippen LogP contribution in [0.15, 0.2) is 51.8 Å². The van der Waals surface area contributed by atoms with E-state index in [-0.39, 0.29) is 17.1 Å². The van der Waals surface area contributed by atoms with E-state index in [0.29, 0.717) is 5.56 Å². The maximum absolute atomic E-state index is 12.4. The zero-order valence-corrected chi connectivity index (χ0v) is 11.6. The van der Waals surface area contributed by atoms with Crippen molar-refractivity contribution in [3.05, 3.63) is 84.3 Å². The summed E-state index contributed by atoms with van der Waals surface area (Å²) in [5.41, 5.74) is -0.531. The molecule has 1 aromatic heterocycles. The van der Waals surface area contributed by atoms with Crippen LogP contribution in [0.5, 0.6) is 0 Å². The van der Waals surface area contributed by atoms with Gasteiger partial charge in [0.05, 0.1) is 16.7 Å². The van der Waals surface area contributed by atoms with Gasteiger partial charge >= 0.3 is 5.69 Å². The number of H-pyrrole nitrogens is 1. The molecule has 2 aromatic rings. The quantitative estimate of drug-likeness (QED) is 0.628. The second kappa shape index (κ2) is 4.99. The summed E-state index contributed by atoms with van der Waals surface area (Å²) in [4.78, 5) is 37.4. The van der Waals surface area contributed by atoms with Crippen LogP contribution in [0.25, 0.3) is 0 Å². The summed E-state index contributed by atoms with van der Waals surface area (Å²) in [6.07, 6.45) is 1.20. The van der Waals surface area contributed by atoms with Gasteiger partial charge in [-0.25, -0.2) is 4.79 Å². The Morgan fingerprint density at radius 2 is 1.91 bits per heavy atom. The standard InChI is InChI=1S/C14H12N4O4/c1-17-13(19)11-10(8-5-3-2-4-6-8)9(18(21)22)7-15-12(11)16-14(17)20/h2-7,10,15H,1H3,(H,16,20). The summed E-state index contributed by atoms with van der Waals surface area (Å²) in [6.45, 7) is 0. The van der Waals surface area contributed by atoms with Crippen molar-refractivity contribution >= 4 is 5.82 Å². The Kier molecular flexibility index (Phi) is 3.13. The number of fused-ring (bicyclic) bond motifs is 1. The number of anilines is 1. The highest BCUT2D eigenvalue weighted by molar-refractivity contribution is 5.56. The third-order valence-electron chi connectivity index (χ3n) is 3.63. The molecule has 8 heteroatoms. The molecule has 2 N–H and O–H groups in total. The highest BCUT2D eigenvalue weighted by Crippen LogP contribution is 2.35. The largest absolute Gasteiger partial charge is 0.342 e. The molecule has 0 bridgehead atoms. The Morgan fingerprint density at radius 3 is 2.55 bits per heavy atom. The first-order chi connectivity index (χ1) is 10.5. The second-order valence-electron chi connectivity index (χ2n) is 4.90. The molecule has 0 aliphatic carbocycles. The smallest absolute Gasteiger partial charge is 0.329 e. The number of nitrogens with one attached hydrogen (secondary N) is 2. The van der Waals surface area contributed by atoms with Crippen LogP contribution >= 0.6 is 0 Å². The second-order valence-corrected chi connectivity index (χ2v) is 4.90. The normalized spacial score (nSPS) is 16.4. The van der Waals surface area contributed by atoms with E-state index in [1.165, 1.54) is 13.2 Å². The van der Waals surface area contributed by atoms with E-state index in [1.54, 1.807) is 30.3 Å². The maximum atomic E-state index is 12.4. The van der Waals surface area contributed by atoms with Gasteiger partial charge in [-0.3, -0.25) is 24.5 Å². The van der Waals surface area contributed by atoms with Gasteiger partial charge in [-0.2, -0.15) is 0 Å². The number of aromatic amines is 1. The number of allylic oxidation sites excluding steroid dienone is 1. The molecule has 22 heavy (non-hydrogen) atoms. The summed E-state index contributed by atoms with van der Waals surface area (Å²) in [7, 11) is 1.33. The average molecular weight is 300 g/mol. The van der Waals surface area contributed by atoms with E-state index < -0.39 is 22.1 Å². The van der Waals surface area contributed by atoms with Gasteiger partial charge in [-0.15, -0.1) is 0 Å². The van der Waals surface area contributed by atoms with Gasteiger partial charge in [0.25, 0.3) is 11.3 Å². The van der Waals surface area contributed by atoms with Crippen molar-refractivity contribution in [1.29, 1.82) is 0 Å². The first-order valence-electron chi connectivity index (χ1n) is 6.50. The Balaban J connectivity index is 2.33. The Bertz CT molecular complexity index is 895. The van der Waals surface area contributed by atoms with E-state index in [1.807, 2.05) is 0 Å². The minimum Gasteiger partial charge on any atom is -0.342 e. The number of benzene rings is 1. The lowest BCUT2D eigenvalue weighted by Gasteiger charge is -2.22. The number of rotatable bonds is 2. The topological polar surface area (TPSA) is 110 Å². The van der Waals surface area contributed by atoms with Crippen LogP contribution in [0.3, 0.4) is 0 Å². The third kappa shape index (κ3) is 2.01. The van der Waals surface area contributed by atoms with E-state index >= 15 is 0 Å². The molecule has 0 saturated heterocycles. The van der Waals surface area contributed by atoms with Crippen LogP contribution in [-0.2, 0) is 7.05 Å². The van der Waals surface area contributed by atoms with Crippen LogP contribution in [0.1, 0.15) is 17.0 Å². The van der Waals surface area contributed by atoms with Gasteiger partial charge in [0.1, 0.15) is 11.7 Å². The van der Waals surface area contributed by atoms with E-state index in [2.05, 4.69) is 10.3 Å². The Labute approximate surface area is 123 Å². The molecule has 0 spiro atoms. The number of aromatic nitrogens is 2. The molecule has 112 valence electrons. The van der Waals surface area contributed by atoms with Crippen molar-refractivity contribution in [3.63, 3.8) is 0 Å². The van der Waals surface area contributed by atoms with E-state index in [0.717, 1.165) is 4.57 Å². The van der Waals surface area contributed by atoms with E-state index in [4.69, 9.17) is 0 Å². The molecule has 8 nitrogen and oxygen atoms in total. The Morgan fingerprint density at radius 1 is 1.23 bits per heavy atom. The zero-order valence-electron chi connectivity index (χ0n) is 11.6. The molecule has 0 fully saturated rings. The molecule has 1 unspecified atom stereocenters. The monoisotopic (exact) mass is 300 g/mol. The van der Waals surface area contributed by atoms with Gasteiger partial charge in [0, 0.05) is 7.05 Å². The first kappa shape index (κ1) is 13.8. The first-order valence-corrected chi connectivity index (χ1v) is 6.50. The fourth-order valence-electron chi connectivity index (χ4n) is 2.54. The maximum Gasteiger partial charge on any atom is 0.329 e. The van der Waals surface area contributed by atoms with Crippen molar-refractivity contribution in [2.45, 2.75) is 5.92 Å². The summed E-state index contributed by atoms with van der Waals surface area (Å²) in [6, 6.07) is 8.69. The van der Waals surface area contributed by atoms with Gasteiger partial charge in [-0.1, -0.05) is 30.3 Å². The number of hydrogen-bond donors (Lipinski definition) is 2. The highest BCUT2D eigenvalue weighted by atomic mass is 16.6. The average Bonchev–Trinajstić information content (AvgIpc) is 2.52. The number of nitrogens with zero attached hydrogens (tertiary/aromatic N) is 2. The minimum atomic E-state index is -0.844. The van der Waals surface area contributed by atoms with Crippen molar-refractivity contribution < 1.29 is 4.92 Å². The Hall–Kier alpha value is -3.16. The van der Waals surface area contributed by atoms with Crippen LogP contribution in [0, 0.1) is 10.1 Å². The molecule has 1 aromatic carbocycles. The summed E-state index contributed by atoms with van der Waals surface area (Å²) in [5, 5.41) is 14.0. The lowest BCUT2D eigenvalue weighted by Crippen LogP contribution is -2.39. The lowest BCUT2D eigenvalue weighted by molar-refractivity contribution is -0.429. The molecular formula is C14H12N4O4. The summed E-state index contributed by atoms with van der Waals surface area (Å²) >= 11 is 0. The predicted molar refractivity (Wildman–Crippen MR) is 79.3 cm³/mol. The van der Waals surface area contributed by atoms with Gasteiger partial charge in [-0.05, 0) is 5.56 Å². The van der Waals surface area contributed by atoms with Crippen molar-refractivity contribution in [3.8, 4) is 0 Å². The fourth-order valence-corrected chi connectivity index (χ4v) is 2.54. The van der Waals surface area contributed by atoms with Crippen LogP contribution < -0.4 is 16.6 Å². The van der Waals surface area contributed by atoms with Crippen molar-refractivity contribution in [2.24, 2.45) is 7.05 Å². The lowest BCUT2D eigenvalue weighted by atomic mass is 9.88.